The summed E-state index contributed by atoms with van der Waals surface area (Å²) in [5.41, 5.74) is 7.72. The molecule has 0 spiro atoms. The molecule has 19 heavy (non-hydrogen) atoms. The molecule has 1 aliphatic carbocycles. The Kier molecular flexibility index (Phi) is 4.94. The maximum Gasteiger partial charge on any atom is 0.123 e. The lowest BCUT2D eigenvalue weighted by molar-refractivity contribution is 0.300. The molecule has 3 N–H and O–H groups in total. The lowest BCUT2D eigenvalue weighted by Crippen LogP contribution is -2.20. The Morgan fingerprint density at radius 2 is 1.95 bits per heavy atom. The van der Waals surface area contributed by atoms with Gasteiger partial charge in [-0.2, -0.15) is 0 Å². The van der Waals surface area contributed by atoms with Crippen LogP contribution in [0.15, 0.2) is 18.2 Å². The summed E-state index contributed by atoms with van der Waals surface area (Å²) in [6.07, 6.45) is 5.42. The number of ether oxygens (including phenoxy) is 1. The number of benzene rings is 1. The molecular formula is C16H26N2O. The van der Waals surface area contributed by atoms with Gasteiger partial charge in [0.05, 0.1) is 6.61 Å². The van der Waals surface area contributed by atoms with Crippen molar-refractivity contribution in [2.45, 2.75) is 39.5 Å². The first-order valence-electron chi connectivity index (χ1n) is 7.44. The van der Waals surface area contributed by atoms with E-state index in [4.69, 9.17) is 10.5 Å². The van der Waals surface area contributed by atoms with Gasteiger partial charge >= 0.3 is 0 Å². The minimum Gasteiger partial charge on any atom is -0.494 e. The lowest BCUT2D eigenvalue weighted by atomic mass is 9.83. The van der Waals surface area contributed by atoms with Crippen LogP contribution in [0.4, 0.5) is 11.4 Å². The predicted octanol–water partition coefficient (Wildman–Crippen LogP) is 3.91. The second-order valence-corrected chi connectivity index (χ2v) is 5.73. The SMILES string of the molecule is CCOc1cc(N)cc(NCC2CCC(C)CC2)c1. The van der Waals surface area contributed by atoms with Gasteiger partial charge in [0, 0.05) is 30.1 Å². The van der Waals surface area contributed by atoms with Crippen LogP contribution in [-0.4, -0.2) is 13.2 Å². The third-order valence-corrected chi connectivity index (χ3v) is 3.97. The number of hydrogen-bond donors (Lipinski definition) is 2. The molecule has 0 atom stereocenters. The zero-order valence-electron chi connectivity index (χ0n) is 12.1. The van der Waals surface area contributed by atoms with Crippen LogP contribution in [0.1, 0.15) is 39.5 Å². The zero-order valence-corrected chi connectivity index (χ0v) is 12.1. The first-order valence-corrected chi connectivity index (χ1v) is 7.44. The summed E-state index contributed by atoms with van der Waals surface area (Å²) in [5, 5.41) is 3.51. The van der Waals surface area contributed by atoms with Gasteiger partial charge in [0.1, 0.15) is 5.75 Å². The van der Waals surface area contributed by atoms with E-state index >= 15 is 0 Å². The second kappa shape index (κ2) is 6.69. The number of anilines is 2. The molecule has 0 aromatic heterocycles. The fourth-order valence-corrected chi connectivity index (χ4v) is 2.77. The fourth-order valence-electron chi connectivity index (χ4n) is 2.77. The molecule has 1 aromatic carbocycles. The van der Waals surface area contributed by atoms with E-state index in [9.17, 15) is 0 Å². The summed E-state index contributed by atoms with van der Waals surface area (Å²) in [4.78, 5) is 0. The number of nitrogen functional groups attached to an aromatic ring is 1. The second-order valence-electron chi connectivity index (χ2n) is 5.73. The summed E-state index contributed by atoms with van der Waals surface area (Å²) in [6, 6.07) is 5.89. The van der Waals surface area contributed by atoms with Crippen LogP contribution in [0.3, 0.4) is 0 Å². The third kappa shape index (κ3) is 4.34. The highest BCUT2D eigenvalue weighted by Crippen LogP contribution is 2.29. The molecule has 1 fully saturated rings. The van der Waals surface area contributed by atoms with Crippen molar-refractivity contribution in [3.63, 3.8) is 0 Å². The molecule has 3 nitrogen and oxygen atoms in total. The quantitative estimate of drug-likeness (QED) is 0.791. The largest absolute Gasteiger partial charge is 0.494 e. The summed E-state index contributed by atoms with van der Waals surface area (Å²) in [6.45, 7) is 6.06. The van der Waals surface area contributed by atoms with Crippen LogP contribution in [0.5, 0.6) is 5.75 Å². The molecule has 0 bridgehead atoms. The third-order valence-electron chi connectivity index (χ3n) is 3.97. The molecule has 2 rings (SSSR count). The number of nitrogens with one attached hydrogen (secondary N) is 1. The van der Waals surface area contributed by atoms with E-state index in [1.165, 1.54) is 25.7 Å². The molecule has 1 aliphatic rings. The summed E-state index contributed by atoms with van der Waals surface area (Å²) < 4.78 is 5.51. The molecule has 0 amide bonds. The van der Waals surface area contributed by atoms with Gasteiger partial charge in [-0.15, -0.1) is 0 Å². The van der Waals surface area contributed by atoms with Crippen LogP contribution in [0.2, 0.25) is 0 Å². The standard InChI is InChI=1S/C16H26N2O/c1-3-19-16-9-14(17)8-15(10-16)18-11-13-6-4-12(2)5-7-13/h8-10,12-13,18H,3-7,11,17H2,1-2H3. The zero-order chi connectivity index (χ0) is 13.7. The maximum atomic E-state index is 5.90. The highest BCUT2D eigenvalue weighted by atomic mass is 16.5. The van der Waals surface area contributed by atoms with E-state index < -0.39 is 0 Å². The molecule has 3 heteroatoms. The molecule has 0 radical (unpaired) electrons. The van der Waals surface area contributed by atoms with E-state index in [2.05, 4.69) is 12.2 Å². The van der Waals surface area contributed by atoms with Crippen molar-refractivity contribution in [2.24, 2.45) is 11.8 Å². The number of rotatable bonds is 5. The molecule has 1 saturated carbocycles. The maximum absolute atomic E-state index is 5.90. The van der Waals surface area contributed by atoms with Gasteiger partial charge < -0.3 is 15.8 Å². The van der Waals surface area contributed by atoms with Crippen molar-refractivity contribution in [2.75, 3.05) is 24.2 Å². The lowest BCUT2D eigenvalue weighted by Gasteiger charge is -2.26. The van der Waals surface area contributed by atoms with Crippen molar-refractivity contribution in [1.82, 2.24) is 0 Å². The summed E-state index contributed by atoms with van der Waals surface area (Å²) in [5.74, 6) is 2.56. The van der Waals surface area contributed by atoms with Crippen LogP contribution >= 0.6 is 0 Å². The molecule has 0 heterocycles. The Bertz CT molecular complexity index is 398. The van der Waals surface area contributed by atoms with Crippen LogP contribution in [0, 0.1) is 11.8 Å². The average Bonchev–Trinajstić information content (AvgIpc) is 2.38. The normalized spacial score (nSPS) is 23.1. The van der Waals surface area contributed by atoms with E-state index in [-0.39, 0.29) is 0 Å². The summed E-state index contributed by atoms with van der Waals surface area (Å²) in [7, 11) is 0. The Morgan fingerprint density at radius 1 is 1.21 bits per heavy atom. The first kappa shape index (κ1) is 14.0. The van der Waals surface area contributed by atoms with Crippen LogP contribution < -0.4 is 15.8 Å². The molecular weight excluding hydrogens is 236 g/mol. The fraction of sp³-hybridized carbons (Fsp3) is 0.625. The molecule has 0 saturated heterocycles. The van der Waals surface area contributed by atoms with E-state index in [1.807, 2.05) is 25.1 Å². The van der Waals surface area contributed by atoms with Crippen molar-refractivity contribution in [3.05, 3.63) is 18.2 Å². The minimum atomic E-state index is 0.670. The van der Waals surface area contributed by atoms with E-state index in [0.29, 0.717) is 6.61 Å². The first-order chi connectivity index (χ1) is 9.17. The van der Waals surface area contributed by atoms with E-state index in [0.717, 1.165) is 35.5 Å². The van der Waals surface area contributed by atoms with Gasteiger partial charge in [-0.1, -0.05) is 19.8 Å². The van der Waals surface area contributed by atoms with Crippen molar-refractivity contribution in [1.29, 1.82) is 0 Å². The molecule has 106 valence electrons. The molecule has 0 aliphatic heterocycles. The highest BCUT2D eigenvalue weighted by molar-refractivity contribution is 5.59. The van der Waals surface area contributed by atoms with Gasteiger partial charge in [-0.3, -0.25) is 0 Å². The van der Waals surface area contributed by atoms with Crippen LogP contribution in [-0.2, 0) is 0 Å². The Balaban J connectivity index is 1.88. The smallest absolute Gasteiger partial charge is 0.123 e. The van der Waals surface area contributed by atoms with Crippen molar-refractivity contribution >= 4 is 11.4 Å². The average molecular weight is 262 g/mol. The number of hydrogen-bond acceptors (Lipinski definition) is 3. The predicted molar refractivity (Wildman–Crippen MR) is 81.6 cm³/mol. The van der Waals surface area contributed by atoms with Crippen molar-refractivity contribution in [3.8, 4) is 5.75 Å². The van der Waals surface area contributed by atoms with Crippen molar-refractivity contribution < 1.29 is 4.74 Å². The Labute approximate surface area is 116 Å². The Hall–Kier alpha value is -1.38. The van der Waals surface area contributed by atoms with Gasteiger partial charge in [0.25, 0.3) is 0 Å². The van der Waals surface area contributed by atoms with Gasteiger partial charge in [-0.05, 0) is 37.7 Å². The van der Waals surface area contributed by atoms with Crippen LogP contribution in [0.25, 0.3) is 0 Å². The monoisotopic (exact) mass is 262 g/mol. The summed E-state index contributed by atoms with van der Waals surface area (Å²) >= 11 is 0. The molecule has 0 unspecified atom stereocenters. The van der Waals surface area contributed by atoms with Gasteiger partial charge in [0.15, 0.2) is 0 Å². The topological polar surface area (TPSA) is 47.3 Å². The van der Waals surface area contributed by atoms with Gasteiger partial charge in [-0.25, -0.2) is 0 Å². The van der Waals surface area contributed by atoms with E-state index in [1.54, 1.807) is 0 Å². The highest BCUT2D eigenvalue weighted by Gasteiger charge is 2.17. The minimum absolute atomic E-state index is 0.670. The Morgan fingerprint density at radius 3 is 2.63 bits per heavy atom. The molecule has 1 aromatic rings. The number of nitrogens with two attached hydrogens (primary N) is 1. The van der Waals surface area contributed by atoms with Gasteiger partial charge in [0.2, 0.25) is 0 Å².